The highest BCUT2D eigenvalue weighted by Gasteiger charge is 2.01. The van der Waals surface area contributed by atoms with Crippen LogP contribution in [0.5, 0.6) is 0 Å². The Bertz CT molecular complexity index is 282. The Balaban J connectivity index is 2.43. The lowest BCUT2D eigenvalue weighted by atomic mass is 10.0. The van der Waals surface area contributed by atoms with Crippen LogP contribution in [0.1, 0.15) is 30.9 Å². The van der Waals surface area contributed by atoms with E-state index in [1.165, 1.54) is 5.56 Å². The van der Waals surface area contributed by atoms with Crippen LogP contribution in [-0.2, 0) is 10.9 Å². The molecule has 0 heterocycles. The summed E-state index contributed by atoms with van der Waals surface area (Å²) in [4.78, 5) is 17.1. The summed E-state index contributed by atoms with van der Waals surface area (Å²) in [7, 11) is -2.21. The van der Waals surface area contributed by atoms with E-state index in [1.807, 2.05) is 0 Å². The van der Waals surface area contributed by atoms with Crippen LogP contribution in [0.3, 0.4) is 0 Å². The van der Waals surface area contributed by atoms with Crippen LogP contribution in [0.25, 0.3) is 0 Å². The molecule has 0 saturated heterocycles. The maximum absolute atomic E-state index is 8.55. The van der Waals surface area contributed by atoms with Crippen molar-refractivity contribution in [2.75, 3.05) is 6.61 Å². The monoisotopic (exact) mass is 228 g/mol. The number of hydrogen-bond donors (Lipinski definition) is 2. The van der Waals surface area contributed by atoms with Gasteiger partial charge in [0, 0.05) is 0 Å². The first-order valence-corrected chi connectivity index (χ1v) is 6.15. The lowest BCUT2D eigenvalue weighted by Crippen LogP contribution is -1.95. The molecule has 0 fully saturated rings. The fraction of sp³-hybridized carbons (Fsp3) is 0.455. The van der Waals surface area contributed by atoms with Crippen molar-refractivity contribution in [3.8, 4) is 0 Å². The summed E-state index contributed by atoms with van der Waals surface area (Å²) in [6, 6.07) is 8.30. The molecule has 0 amide bonds. The zero-order chi connectivity index (χ0) is 11.3. The molecule has 1 rings (SSSR count). The lowest BCUT2D eigenvalue weighted by Gasteiger charge is -2.07. The highest BCUT2D eigenvalue weighted by Crippen LogP contribution is 2.24. The van der Waals surface area contributed by atoms with E-state index in [9.17, 15) is 0 Å². The van der Waals surface area contributed by atoms with Gasteiger partial charge in [0.15, 0.2) is 0 Å². The second kappa shape index (κ2) is 6.19. The van der Waals surface area contributed by atoms with Gasteiger partial charge in [0.05, 0.1) is 6.61 Å². The van der Waals surface area contributed by atoms with E-state index in [-0.39, 0.29) is 0 Å². The van der Waals surface area contributed by atoms with Gasteiger partial charge in [0.25, 0.3) is 0 Å². The predicted molar refractivity (Wildman–Crippen MR) is 61.5 cm³/mol. The Morgan fingerprint density at radius 1 is 1.20 bits per heavy atom. The first-order chi connectivity index (χ1) is 7.09. The van der Waals surface area contributed by atoms with Crippen LogP contribution in [0.4, 0.5) is 0 Å². The SMILES string of the molecule is CC(C)c1ccc(CCOP(O)O)cc1. The molecule has 0 spiro atoms. The maximum Gasteiger partial charge on any atom is 0.327 e. The smallest absolute Gasteiger partial charge is 0.327 e. The van der Waals surface area contributed by atoms with Gasteiger partial charge in [-0.15, -0.1) is 0 Å². The van der Waals surface area contributed by atoms with Gasteiger partial charge in [-0.2, -0.15) is 0 Å². The second-order valence-electron chi connectivity index (χ2n) is 3.73. The van der Waals surface area contributed by atoms with Crippen molar-refractivity contribution in [1.82, 2.24) is 0 Å². The summed E-state index contributed by atoms with van der Waals surface area (Å²) in [5.41, 5.74) is 2.46. The Morgan fingerprint density at radius 2 is 1.80 bits per heavy atom. The molecule has 0 unspecified atom stereocenters. The number of benzene rings is 1. The van der Waals surface area contributed by atoms with Gasteiger partial charge in [-0.1, -0.05) is 38.1 Å². The van der Waals surface area contributed by atoms with Crippen LogP contribution >= 0.6 is 8.60 Å². The van der Waals surface area contributed by atoms with E-state index in [4.69, 9.17) is 14.3 Å². The Kier molecular flexibility index (Phi) is 5.20. The van der Waals surface area contributed by atoms with Crippen molar-refractivity contribution in [3.05, 3.63) is 35.4 Å². The number of hydrogen-bond acceptors (Lipinski definition) is 3. The largest absolute Gasteiger partial charge is 0.328 e. The minimum absolute atomic E-state index is 0.347. The average Bonchev–Trinajstić information content (AvgIpc) is 2.18. The molecule has 0 aliphatic heterocycles. The van der Waals surface area contributed by atoms with Gasteiger partial charge in [-0.3, -0.25) is 0 Å². The summed E-state index contributed by atoms with van der Waals surface area (Å²) in [6.07, 6.45) is 0.707. The Morgan fingerprint density at radius 3 is 2.27 bits per heavy atom. The van der Waals surface area contributed by atoms with Gasteiger partial charge in [0.1, 0.15) is 0 Å². The molecule has 1 aromatic carbocycles. The van der Waals surface area contributed by atoms with Crippen LogP contribution < -0.4 is 0 Å². The van der Waals surface area contributed by atoms with Gasteiger partial charge in [-0.05, 0) is 23.5 Å². The molecule has 0 aliphatic carbocycles. The third kappa shape index (κ3) is 4.72. The predicted octanol–water partition coefficient (Wildman–Crippen LogP) is 2.58. The van der Waals surface area contributed by atoms with Crippen LogP contribution in [-0.4, -0.2) is 16.4 Å². The first kappa shape index (κ1) is 12.6. The fourth-order valence-electron chi connectivity index (χ4n) is 1.31. The van der Waals surface area contributed by atoms with Crippen molar-refractivity contribution < 1.29 is 14.3 Å². The molecule has 0 radical (unpaired) electrons. The van der Waals surface area contributed by atoms with E-state index < -0.39 is 8.60 Å². The molecule has 0 atom stereocenters. The molecule has 2 N–H and O–H groups in total. The average molecular weight is 228 g/mol. The zero-order valence-corrected chi connectivity index (χ0v) is 9.95. The van der Waals surface area contributed by atoms with Gasteiger partial charge >= 0.3 is 8.60 Å². The molecule has 0 saturated carbocycles. The van der Waals surface area contributed by atoms with E-state index in [0.717, 1.165) is 5.56 Å². The molecule has 84 valence electrons. The molecular formula is C11H17O3P. The standard InChI is InChI=1S/C11H17O3P/c1-9(2)11-5-3-10(4-6-11)7-8-14-15(12)13/h3-6,9,12-13H,7-8H2,1-2H3. The van der Waals surface area contributed by atoms with Crippen molar-refractivity contribution >= 4 is 8.60 Å². The van der Waals surface area contributed by atoms with Crippen molar-refractivity contribution in [2.45, 2.75) is 26.2 Å². The maximum atomic E-state index is 8.55. The highest BCUT2D eigenvalue weighted by atomic mass is 31.2. The van der Waals surface area contributed by atoms with Crippen LogP contribution in [0.2, 0.25) is 0 Å². The van der Waals surface area contributed by atoms with E-state index in [0.29, 0.717) is 18.9 Å². The third-order valence-electron chi connectivity index (χ3n) is 2.24. The molecule has 4 heteroatoms. The van der Waals surface area contributed by atoms with Crippen molar-refractivity contribution in [1.29, 1.82) is 0 Å². The topological polar surface area (TPSA) is 49.7 Å². The quantitative estimate of drug-likeness (QED) is 0.761. The third-order valence-corrected chi connectivity index (χ3v) is 2.66. The second-order valence-corrected chi connectivity index (χ2v) is 4.50. The van der Waals surface area contributed by atoms with E-state index >= 15 is 0 Å². The number of rotatable bonds is 5. The van der Waals surface area contributed by atoms with Crippen molar-refractivity contribution in [2.24, 2.45) is 0 Å². The molecule has 1 aromatic rings. The normalized spacial score (nSPS) is 11.3. The Labute approximate surface area is 91.7 Å². The van der Waals surface area contributed by atoms with Crippen LogP contribution in [0.15, 0.2) is 24.3 Å². The van der Waals surface area contributed by atoms with Gasteiger partial charge in [-0.25, -0.2) is 0 Å². The Hall–Kier alpha value is -0.470. The molecule has 0 aromatic heterocycles. The summed E-state index contributed by atoms with van der Waals surface area (Å²) in [5.74, 6) is 0.540. The summed E-state index contributed by atoms with van der Waals surface area (Å²) < 4.78 is 4.70. The molecule has 0 aliphatic rings. The lowest BCUT2D eigenvalue weighted by molar-refractivity contribution is 0.258. The first-order valence-electron chi connectivity index (χ1n) is 4.99. The molecular weight excluding hydrogens is 211 g/mol. The molecule has 3 nitrogen and oxygen atoms in total. The molecule has 15 heavy (non-hydrogen) atoms. The summed E-state index contributed by atoms with van der Waals surface area (Å²) in [6.45, 7) is 4.66. The van der Waals surface area contributed by atoms with Gasteiger partial charge < -0.3 is 14.3 Å². The van der Waals surface area contributed by atoms with E-state index in [1.54, 1.807) is 0 Å². The van der Waals surface area contributed by atoms with Crippen LogP contribution in [0, 0.1) is 0 Å². The summed E-state index contributed by atoms with van der Waals surface area (Å²) >= 11 is 0. The van der Waals surface area contributed by atoms with Gasteiger partial charge in [0.2, 0.25) is 0 Å². The molecule has 0 bridgehead atoms. The zero-order valence-electron chi connectivity index (χ0n) is 9.05. The summed E-state index contributed by atoms with van der Waals surface area (Å²) in [5, 5.41) is 0. The van der Waals surface area contributed by atoms with Crippen molar-refractivity contribution in [3.63, 3.8) is 0 Å². The highest BCUT2D eigenvalue weighted by molar-refractivity contribution is 7.39. The minimum Gasteiger partial charge on any atom is -0.328 e. The minimum atomic E-state index is -2.21. The fourth-order valence-corrected chi connectivity index (χ4v) is 1.57. The van der Waals surface area contributed by atoms with E-state index in [2.05, 4.69) is 38.1 Å².